The van der Waals surface area contributed by atoms with Crippen LogP contribution in [0.5, 0.6) is 5.75 Å². The maximum absolute atomic E-state index is 13.4. The van der Waals surface area contributed by atoms with Crippen LogP contribution < -0.4 is 0 Å². The van der Waals surface area contributed by atoms with Crippen LogP contribution >= 0.6 is 15.9 Å². The van der Waals surface area contributed by atoms with E-state index in [9.17, 15) is 29.1 Å². The van der Waals surface area contributed by atoms with Gasteiger partial charge in [-0.3, -0.25) is 19.2 Å². The van der Waals surface area contributed by atoms with Crippen molar-refractivity contribution in [2.75, 3.05) is 7.11 Å². The molecule has 1 fully saturated rings. The van der Waals surface area contributed by atoms with Gasteiger partial charge in [-0.25, -0.2) is 4.79 Å². The molecule has 0 spiro atoms. The molecule has 1 heterocycles. The second kappa shape index (κ2) is 8.34. The molecule has 2 aromatic rings. The zero-order valence-corrected chi connectivity index (χ0v) is 21.2. The van der Waals surface area contributed by atoms with E-state index < -0.39 is 41.6 Å². The molecule has 0 radical (unpaired) electrons. The highest BCUT2D eigenvalue weighted by atomic mass is 79.9. The molecule has 3 aliphatic carbocycles. The smallest absolute Gasteiger partial charge is 0.423 e. The first-order chi connectivity index (χ1) is 17.7. The molecule has 0 aromatic heterocycles. The van der Waals surface area contributed by atoms with Gasteiger partial charge in [-0.1, -0.05) is 42.0 Å². The Morgan fingerprint density at radius 1 is 1.03 bits per heavy atom. The third-order valence-electron chi connectivity index (χ3n) is 7.93. The number of phenolic OH excluding ortho intramolecular Hbond substituents is 1. The number of hydrogen-bond donors (Lipinski definition) is 1. The van der Waals surface area contributed by atoms with Crippen LogP contribution in [-0.4, -0.2) is 46.6 Å². The Morgan fingerprint density at radius 2 is 1.76 bits per heavy atom. The van der Waals surface area contributed by atoms with Crippen molar-refractivity contribution in [1.82, 2.24) is 4.90 Å². The minimum Gasteiger partial charge on any atom is -0.507 e. The largest absolute Gasteiger partial charge is 0.507 e. The summed E-state index contributed by atoms with van der Waals surface area (Å²) < 4.78 is 4.82. The fourth-order valence-electron chi connectivity index (χ4n) is 6.39. The molecule has 0 saturated carbocycles. The first kappa shape index (κ1) is 23.5. The predicted molar refractivity (Wildman–Crippen MR) is 134 cm³/mol. The number of methoxy groups -OCH3 is 1. The number of carbonyl (C=O) groups is 5. The zero-order valence-electron chi connectivity index (χ0n) is 19.6. The average molecular weight is 562 g/mol. The highest BCUT2D eigenvalue weighted by Gasteiger charge is 2.58. The van der Waals surface area contributed by atoms with Gasteiger partial charge in [0.2, 0.25) is 11.8 Å². The lowest BCUT2D eigenvalue weighted by atomic mass is 9.59. The number of Topliss-reactive ketones (excluding diaryl/α,β-unsaturated/α-hetero) is 1. The lowest BCUT2D eigenvalue weighted by Gasteiger charge is -2.42. The van der Waals surface area contributed by atoms with Crippen LogP contribution in [0.1, 0.15) is 24.3 Å². The minimum atomic E-state index is -1.03. The standard InChI is InChI=1S/C28H20BrNO7/c1-37-28(36)30-26(34)16-7-6-15-17(23(16)27(30)35)10-18-24(21(32)11-19(29)25(18)33)22(15)14-8-9-20(31)13-5-3-2-4-12(13)14/h2-6,8-9,11,16-17,22-23,31H,7,10H2,1H3. The van der Waals surface area contributed by atoms with Crippen molar-refractivity contribution in [3.63, 3.8) is 0 Å². The molecular formula is C28H20BrNO7. The summed E-state index contributed by atoms with van der Waals surface area (Å²) in [6.45, 7) is 0. The number of likely N-dealkylation sites (tertiary alicyclic amines) is 1. The number of amides is 3. The minimum absolute atomic E-state index is 0.0811. The molecule has 1 aliphatic heterocycles. The summed E-state index contributed by atoms with van der Waals surface area (Å²) in [5, 5.41) is 11.8. The molecule has 2 aromatic carbocycles. The van der Waals surface area contributed by atoms with E-state index in [0.29, 0.717) is 32.4 Å². The number of carbonyl (C=O) groups excluding carboxylic acids is 5. The van der Waals surface area contributed by atoms with Gasteiger partial charge >= 0.3 is 6.09 Å². The number of hydrogen-bond acceptors (Lipinski definition) is 7. The molecule has 0 bridgehead atoms. The molecule has 186 valence electrons. The summed E-state index contributed by atoms with van der Waals surface area (Å²) in [4.78, 5) is 66.0. The number of imide groups is 3. The van der Waals surface area contributed by atoms with Crippen LogP contribution in [0.25, 0.3) is 10.8 Å². The van der Waals surface area contributed by atoms with Crippen LogP contribution in [0.4, 0.5) is 4.79 Å². The molecular weight excluding hydrogens is 542 g/mol. The summed E-state index contributed by atoms with van der Waals surface area (Å²) in [7, 11) is 1.11. The number of ether oxygens (including phenoxy) is 1. The van der Waals surface area contributed by atoms with Gasteiger partial charge in [0.1, 0.15) is 5.75 Å². The van der Waals surface area contributed by atoms with E-state index in [4.69, 9.17) is 0 Å². The first-order valence-corrected chi connectivity index (χ1v) is 12.6. The normalized spacial score (nSPS) is 27.0. The van der Waals surface area contributed by atoms with Gasteiger partial charge in [0.15, 0.2) is 11.6 Å². The van der Waals surface area contributed by atoms with Crippen molar-refractivity contribution in [2.45, 2.75) is 18.8 Å². The fraction of sp³-hybridized carbons (Fsp3) is 0.250. The lowest BCUT2D eigenvalue weighted by Crippen LogP contribution is -2.40. The third-order valence-corrected chi connectivity index (χ3v) is 8.52. The van der Waals surface area contributed by atoms with Crippen molar-refractivity contribution >= 4 is 56.2 Å². The van der Waals surface area contributed by atoms with Gasteiger partial charge in [0, 0.05) is 28.5 Å². The number of ketones is 2. The summed E-state index contributed by atoms with van der Waals surface area (Å²) in [6.07, 6.45) is 2.42. The molecule has 4 unspecified atom stereocenters. The molecule has 6 rings (SSSR count). The van der Waals surface area contributed by atoms with Crippen molar-refractivity contribution in [1.29, 1.82) is 0 Å². The summed E-state index contributed by atoms with van der Waals surface area (Å²) in [5.41, 5.74) is 2.11. The second-order valence-corrected chi connectivity index (χ2v) is 10.4. The van der Waals surface area contributed by atoms with Crippen molar-refractivity contribution in [3.05, 3.63) is 75.3 Å². The highest BCUT2D eigenvalue weighted by molar-refractivity contribution is 9.12. The highest BCUT2D eigenvalue weighted by Crippen LogP contribution is 2.56. The van der Waals surface area contributed by atoms with Crippen LogP contribution in [0.3, 0.4) is 0 Å². The van der Waals surface area contributed by atoms with Crippen molar-refractivity contribution < 1.29 is 33.8 Å². The van der Waals surface area contributed by atoms with Gasteiger partial charge in [-0.2, -0.15) is 4.90 Å². The van der Waals surface area contributed by atoms with E-state index in [1.54, 1.807) is 24.3 Å². The van der Waals surface area contributed by atoms with Gasteiger partial charge in [-0.05, 0) is 51.7 Å². The SMILES string of the molecule is COC(=O)N1C(=O)C2CC=C3C(c4ccc(O)c5ccccc45)C4=C(CC3C2C1=O)C(=O)C(Br)=CC4=O. The topological polar surface area (TPSA) is 118 Å². The number of fused-ring (bicyclic) bond motifs is 4. The molecule has 8 nitrogen and oxygen atoms in total. The van der Waals surface area contributed by atoms with E-state index in [2.05, 4.69) is 20.7 Å². The summed E-state index contributed by atoms with van der Waals surface area (Å²) in [5.74, 6) is -4.69. The van der Waals surface area contributed by atoms with E-state index in [1.165, 1.54) is 6.08 Å². The quantitative estimate of drug-likeness (QED) is 0.316. The Labute approximate surface area is 219 Å². The molecule has 4 aliphatic rings. The number of aromatic hydroxyl groups is 1. The first-order valence-electron chi connectivity index (χ1n) is 11.8. The van der Waals surface area contributed by atoms with E-state index >= 15 is 0 Å². The molecule has 37 heavy (non-hydrogen) atoms. The van der Waals surface area contributed by atoms with Gasteiger partial charge < -0.3 is 9.84 Å². The lowest BCUT2D eigenvalue weighted by molar-refractivity contribution is -0.137. The average Bonchev–Trinajstić information content (AvgIpc) is 3.16. The van der Waals surface area contributed by atoms with Crippen LogP contribution in [0.2, 0.25) is 0 Å². The fourth-order valence-corrected chi connectivity index (χ4v) is 6.84. The number of nitrogens with zero attached hydrogens (tertiary/aromatic N) is 1. The number of benzene rings is 2. The third kappa shape index (κ3) is 3.23. The Bertz CT molecular complexity index is 1570. The van der Waals surface area contributed by atoms with Crippen molar-refractivity contribution in [3.8, 4) is 5.75 Å². The molecule has 3 amide bonds. The number of halogens is 1. The number of phenols is 1. The van der Waals surface area contributed by atoms with Crippen LogP contribution in [0, 0.1) is 17.8 Å². The van der Waals surface area contributed by atoms with Crippen molar-refractivity contribution in [2.24, 2.45) is 17.8 Å². The molecule has 9 heteroatoms. The Hall–Kier alpha value is -3.85. The van der Waals surface area contributed by atoms with Crippen LogP contribution in [0.15, 0.2) is 69.8 Å². The number of rotatable bonds is 1. The Balaban J connectivity index is 1.58. The maximum Gasteiger partial charge on any atom is 0.423 e. The molecule has 1 N–H and O–H groups in total. The molecule has 1 saturated heterocycles. The Morgan fingerprint density at radius 3 is 2.49 bits per heavy atom. The number of allylic oxidation sites excluding steroid dienone is 6. The van der Waals surface area contributed by atoms with E-state index in [1.807, 2.05) is 18.2 Å². The van der Waals surface area contributed by atoms with E-state index in [-0.39, 0.29) is 34.6 Å². The summed E-state index contributed by atoms with van der Waals surface area (Å²) >= 11 is 3.20. The monoisotopic (exact) mass is 561 g/mol. The van der Waals surface area contributed by atoms with Gasteiger partial charge in [0.25, 0.3) is 0 Å². The second-order valence-electron chi connectivity index (χ2n) is 9.60. The summed E-state index contributed by atoms with van der Waals surface area (Å²) in [6, 6.07) is 10.5. The predicted octanol–water partition coefficient (Wildman–Crippen LogP) is 4.07. The maximum atomic E-state index is 13.4. The Kier molecular flexibility index (Phi) is 5.31. The van der Waals surface area contributed by atoms with E-state index in [0.717, 1.165) is 12.7 Å². The molecule has 4 atom stereocenters. The van der Waals surface area contributed by atoms with Gasteiger partial charge in [-0.15, -0.1) is 0 Å². The van der Waals surface area contributed by atoms with Crippen LogP contribution in [-0.2, 0) is 23.9 Å². The van der Waals surface area contributed by atoms with Gasteiger partial charge in [0.05, 0.1) is 23.4 Å². The zero-order chi connectivity index (χ0) is 26.2.